The zero-order chi connectivity index (χ0) is 53.8. The number of benzene rings is 12. The van der Waals surface area contributed by atoms with Crippen LogP contribution >= 0.6 is 0 Å². The molecule has 0 amide bonds. The molecule has 0 aliphatic rings. The number of rotatable bonds is 8. The van der Waals surface area contributed by atoms with E-state index < -0.39 is 0 Å². The predicted molar refractivity (Wildman–Crippen MR) is 339 cm³/mol. The van der Waals surface area contributed by atoms with Crippen LogP contribution in [0.15, 0.2) is 285 Å². The van der Waals surface area contributed by atoms with Crippen LogP contribution in [0.4, 0.5) is 0 Å². The Labute approximate surface area is 471 Å². The van der Waals surface area contributed by atoms with Crippen LogP contribution in [-0.2, 0) is 0 Å². The largest absolute Gasteiger partial charge is 0.309 e. The molecule has 7 heteroatoms. The SMILES string of the molecule is c1ccc(-c2ccccc2-c2nc(-n3c4ccccc4c4cc(-c5cccc6c5c5ccccc5n6-c5ccccc5)ccc43)nc(-n3c4ccccc4c4cc(-c5cccc6c5c5ccccc5n6-c5ccccc5)ccc43)n2)cc1. The van der Waals surface area contributed by atoms with E-state index in [1.807, 2.05) is 0 Å². The van der Waals surface area contributed by atoms with Crippen LogP contribution in [0.2, 0.25) is 0 Å². The molecule has 0 aliphatic carbocycles. The summed E-state index contributed by atoms with van der Waals surface area (Å²) < 4.78 is 9.23. The zero-order valence-corrected chi connectivity index (χ0v) is 44.3. The number of hydrogen-bond acceptors (Lipinski definition) is 3. The third kappa shape index (κ3) is 6.93. The summed E-state index contributed by atoms with van der Waals surface area (Å²) in [5.41, 5.74) is 18.6. The predicted octanol–water partition coefficient (Wildman–Crippen LogP) is 18.9. The molecule has 7 nitrogen and oxygen atoms in total. The van der Waals surface area contributed by atoms with Crippen molar-refractivity contribution in [3.8, 4) is 68.0 Å². The molecule has 82 heavy (non-hydrogen) atoms. The van der Waals surface area contributed by atoms with E-state index >= 15 is 0 Å². The van der Waals surface area contributed by atoms with Crippen LogP contribution in [0.25, 0.3) is 155 Å². The Balaban J connectivity index is 0.890. The Bertz CT molecular complexity index is 5100. The molecule has 0 radical (unpaired) electrons. The highest BCUT2D eigenvalue weighted by atomic mass is 15.3. The summed E-state index contributed by atoms with van der Waals surface area (Å²) in [6.07, 6.45) is 0. The first-order valence-corrected chi connectivity index (χ1v) is 27.9. The average Bonchev–Trinajstić information content (AvgIpc) is 2.57. The van der Waals surface area contributed by atoms with E-state index in [0.29, 0.717) is 17.7 Å². The summed E-state index contributed by atoms with van der Waals surface area (Å²) in [7, 11) is 0. The maximum Gasteiger partial charge on any atom is 0.240 e. The second kappa shape index (κ2) is 18.2. The molecule has 0 spiro atoms. The number of fused-ring (bicyclic) bond motifs is 12. The molecule has 0 saturated carbocycles. The molecule has 0 bridgehead atoms. The van der Waals surface area contributed by atoms with Gasteiger partial charge < -0.3 is 9.13 Å². The van der Waals surface area contributed by atoms with Gasteiger partial charge in [0.25, 0.3) is 0 Å². The van der Waals surface area contributed by atoms with Gasteiger partial charge >= 0.3 is 0 Å². The maximum absolute atomic E-state index is 5.62. The topological polar surface area (TPSA) is 58.4 Å². The van der Waals surface area contributed by atoms with E-state index in [-0.39, 0.29) is 0 Å². The van der Waals surface area contributed by atoms with E-state index in [0.717, 1.165) is 82.8 Å². The van der Waals surface area contributed by atoms with Gasteiger partial charge in [0.15, 0.2) is 5.82 Å². The fraction of sp³-hybridized carbons (Fsp3) is 0. The second-order valence-electron chi connectivity index (χ2n) is 21.1. The molecule has 0 aliphatic heterocycles. The van der Waals surface area contributed by atoms with Crippen LogP contribution in [-0.4, -0.2) is 33.2 Å². The lowest BCUT2D eigenvalue weighted by Crippen LogP contribution is -2.10. The smallest absolute Gasteiger partial charge is 0.240 e. The Kier molecular flexibility index (Phi) is 10.2. The van der Waals surface area contributed by atoms with E-state index in [9.17, 15) is 0 Å². The fourth-order valence-corrected chi connectivity index (χ4v) is 13.2. The molecule has 0 N–H and O–H groups in total. The molecule has 0 unspecified atom stereocenters. The lowest BCUT2D eigenvalue weighted by Gasteiger charge is -2.14. The first-order chi connectivity index (χ1) is 40.7. The van der Waals surface area contributed by atoms with Crippen molar-refractivity contribution in [2.45, 2.75) is 0 Å². The summed E-state index contributed by atoms with van der Waals surface area (Å²) >= 11 is 0. The Morgan fingerprint density at radius 1 is 0.207 bits per heavy atom. The Hall–Kier alpha value is -11.2. The van der Waals surface area contributed by atoms with Crippen molar-refractivity contribution in [2.24, 2.45) is 0 Å². The van der Waals surface area contributed by atoms with Gasteiger partial charge in [-0.15, -0.1) is 0 Å². The van der Waals surface area contributed by atoms with Gasteiger partial charge in [0.05, 0.1) is 44.1 Å². The summed E-state index contributed by atoms with van der Waals surface area (Å²) in [6, 6.07) is 102. The molecule has 17 rings (SSSR count). The van der Waals surface area contributed by atoms with Crippen LogP contribution < -0.4 is 0 Å². The zero-order valence-electron chi connectivity index (χ0n) is 44.3. The molecule has 0 fully saturated rings. The monoisotopic (exact) mass is 1050 g/mol. The van der Waals surface area contributed by atoms with Gasteiger partial charge in [0.2, 0.25) is 11.9 Å². The quantitative estimate of drug-likeness (QED) is 0.152. The van der Waals surface area contributed by atoms with Crippen LogP contribution in [0.3, 0.4) is 0 Å². The number of hydrogen-bond donors (Lipinski definition) is 0. The summed E-state index contributed by atoms with van der Waals surface area (Å²) in [5, 5.41) is 9.31. The fourth-order valence-electron chi connectivity index (χ4n) is 13.2. The Morgan fingerprint density at radius 2 is 0.561 bits per heavy atom. The van der Waals surface area contributed by atoms with Gasteiger partial charge in [-0.1, -0.05) is 200 Å². The van der Waals surface area contributed by atoms with Crippen LogP contribution in [0.5, 0.6) is 0 Å². The molecule has 0 saturated heterocycles. The van der Waals surface area contributed by atoms with Gasteiger partial charge in [-0.05, 0) is 118 Å². The molecular weight excluding hydrogens is 999 g/mol. The summed E-state index contributed by atoms with van der Waals surface area (Å²) in [5.74, 6) is 1.63. The molecule has 0 atom stereocenters. The van der Waals surface area contributed by atoms with Gasteiger partial charge in [-0.2, -0.15) is 15.0 Å². The average molecular weight is 1050 g/mol. The van der Waals surface area contributed by atoms with Crippen molar-refractivity contribution in [1.82, 2.24) is 33.2 Å². The molecule has 5 aromatic heterocycles. The standard InChI is InChI=1S/C75H47N7/c1-4-22-48(23-5-1)53-28-10-11-31-58(53)73-76-74(81-63-36-16-12-29-56(63)61-46-49(42-44-67(61)81)54-34-20-40-69-71(54)59-32-14-18-38-65(59)79(69)51-24-6-2-7-25-51)78-75(77-73)82-64-37-17-13-30-57(64)62-47-50(43-45-68(62)82)55-35-21-41-70-72(55)60-33-15-19-39-66(60)80(70)52-26-8-3-9-27-52/h1-47H. The summed E-state index contributed by atoms with van der Waals surface area (Å²) in [4.78, 5) is 16.7. The molecule has 5 heterocycles. The highest BCUT2D eigenvalue weighted by molar-refractivity contribution is 6.19. The van der Waals surface area contributed by atoms with Crippen molar-refractivity contribution in [3.63, 3.8) is 0 Å². The highest BCUT2D eigenvalue weighted by Gasteiger charge is 2.24. The van der Waals surface area contributed by atoms with Crippen molar-refractivity contribution < 1.29 is 0 Å². The lowest BCUT2D eigenvalue weighted by atomic mass is 9.98. The van der Waals surface area contributed by atoms with Crippen molar-refractivity contribution in [1.29, 1.82) is 0 Å². The first-order valence-electron chi connectivity index (χ1n) is 27.9. The summed E-state index contributed by atoms with van der Waals surface area (Å²) in [6.45, 7) is 0. The highest BCUT2D eigenvalue weighted by Crippen LogP contribution is 2.44. The number of para-hydroxylation sites is 6. The Morgan fingerprint density at radius 3 is 1.04 bits per heavy atom. The minimum Gasteiger partial charge on any atom is -0.309 e. The van der Waals surface area contributed by atoms with Crippen LogP contribution in [0.1, 0.15) is 0 Å². The van der Waals surface area contributed by atoms with Crippen LogP contribution in [0, 0.1) is 0 Å². The second-order valence-corrected chi connectivity index (χ2v) is 21.1. The first kappa shape index (κ1) is 45.8. The van der Waals surface area contributed by atoms with E-state index in [1.165, 1.54) is 54.7 Å². The van der Waals surface area contributed by atoms with E-state index in [2.05, 4.69) is 303 Å². The van der Waals surface area contributed by atoms with Gasteiger partial charge in [0, 0.05) is 60.0 Å². The van der Waals surface area contributed by atoms with E-state index in [1.54, 1.807) is 0 Å². The minimum atomic E-state index is 0.527. The van der Waals surface area contributed by atoms with Gasteiger partial charge in [-0.3, -0.25) is 9.13 Å². The van der Waals surface area contributed by atoms with Crippen molar-refractivity contribution >= 4 is 87.2 Å². The van der Waals surface area contributed by atoms with Gasteiger partial charge in [-0.25, -0.2) is 0 Å². The maximum atomic E-state index is 5.62. The number of aromatic nitrogens is 7. The molecule has 12 aromatic carbocycles. The minimum absolute atomic E-state index is 0.527. The van der Waals surface area contributed by atoms with Gasteiger partial charge in [0.1, 0.15) is 0 Å². The van der Waals surface area contributed by atoms with Crippen molar-refractivity contribution in [3.05, 3.63) is 285 Å². The normalized spacial score (nSPS) is 11.9. The third-order valence-corrected chi connectivity index (χ3v) is 16.7. The third-order valence-electron chi connectivity index (χ3n) is 16.7. The lowest BCUT2D eigenvalue weighted by molar-refractivity contribution is 0.893. The van der Waals surface area contributed by atoms with E-state index in [4.69, 9.17) is 15.0 Å². The molecule has 17 aromatic rings. The number of nitrogens with zero attached hydrogens (tertiary/aromatic N) is 7. The van der Waals surface area contributed by atoms with Crippen molar-refractivity contribution in [2.75, 3.05) is 0 Å². The molecule has 382 valence electrons. The molecular formula is C75H47N7.